The van der Waals surface area contributed by atoms with Crippen LogP contribution in [0.2, 0.25) is 0 Å². The minimum Gasteiger partial charge on any atom is -0.497 e. The van der Waals surface area contributed by atoms with E-state index in [0.717, 1.165) is 166 Å². The number of thiocarbonyl (C=S) groups is 3. The number of thioether (sulfide) groups is 3. The van der Waals surface area contributed by atoms with E-state index in [2.05, 4.69) is 112 Å². The molecule has 3 aromatic heterocycles. The molecule has 6 aliphatic heterocycles. The monoisotopic (exact) mass is 1860 g/mol. The van der Waals surface area contributed by atoms with Crippen LogP contribution < -0.4 is 63.7 Å². The van der Waals surface area contributed by atoms with Crippen molar-refractivity contribution in [2.45, 2.75) is 140 Å². The van der Waals surface area contributed by atoms with Crippen molar-refractivity contribution in [3.8, 4) is 5.75 Å². The number of carboxylic acids is 3. The number of thiazole rings is 3. The molecule has 6 unspecified atom stereocenters. The van der Waals surface area contributed by atoms with Crippen LogP contribution in [0, 0.1) is 0 Å². The second-order valence-corrected chi connectivity index (χ2v) is 40.2. The van der Waals surface area contributed by atoms with Gasteiger partial charge in [0.25, 0.3) is 34.4 Å². The second kappa shape index (κ2) is 36.8. The van der Waals surface area contributed by atoms with Crippen molar-refractivity contribution in [2.24, 2.45) is 0 Å². The van der Waals surface area contributed by atoms with Crippen LogP contribution in [0.1, 0.15) is 133 Å². The number of carbonyl (C=O) groups is 6. The van der Waals surface area contributed by atoms with Gasteiger partial charge in [-0.25, -0.2) is 0 Å². The lowest BCUT2D eigenvalue weighted by molar-refractivity contribution is -0.138. The lowest BCUT2D eigenvalue weighted by atomic mass is 9.96. The Bertz CT molecular complexity index is 6960. The van der Waals surface area contributed by atoms with Crippen molar-refractivity contribution in [3.63, 3.8) is 0 Å². The van der Waals surface area contributed by atoms with Gasteiger partial charge in [-0.2, -0.15) is 0 Å². The van der Waals surface area contributed by atoms with Crippen LogP contribution in [-0.2, 0) is 68.0 Å². The predicted octanol–water partition coefficient (Wildman–Crippen LogP) is 13.0. The lowest BCUT2D eigenvalue weighted by Gasteiger charge is -2.27. The highest BCUT2D eigenvalue weighted by molar-refractivity contribution is 8.31. The molecule has 9 heterocycles. The number of rotatable bonds is 19. The van der Waals surface area contributed by atoms with Gasteiger partial charge in [0.2, 0.25) is 0 Å². The molecule has 3 amide bonds. The Kier molecular flexibility index (Phi) is 25.0. The SMILES string of the molecule is CCN1C(=O)/C(=c2\s/c(=C/c3ccc4c(c3)C3CCCC3N4c3ccccc3)c(=O)n2CC(=O)O)SC1=S.COc1ccc(N2c3ccc(/C=c4/s/c(=C5/SC(=S)N(Cc6ccccc6)C5=O)n(CC(=O)O)c4=O)cc3C3CCCC32)cc1.O=C(O)Cn1c(=O)/c(=C\c2ccc3c(c2)C2CCCC2N3Cc2ccccc2)s/c1=C1/SC(=S)N(Cc2ccccc2)C1=O. The molecule has 9 aliphatic rings. The number of hydrogen-bond acceptors (Lipinski definition) is 22. The van der Waals surface area contributed by atoms with Gasteiger partial charge in [0.1, 0.15) is 67.0 Å². The summed E-state index contributed by atoms with van der Waals surface area (Å²) in [5.74, 6) is -2.31. The summed E-state index contributed by atoms with van der Waals surface area (Å²) in [7, 11) is 1.66. The first kappa shape index (κ1) is 86.4. The number of benzene rings is 8. The van der Waals surface area contributed by atoms with Crippen molar-refractivity contribution >= 4 is 216 Å². The third-order valence-electron chi connectivity index (χ3n) is 24.6. The Morgan fingerprint density at radius 3 is 1.10 bits per heavy atom. The first-order chi connectivity index (χ1) is 61.6. The molecule has 3 saturated carbocycles. The molecule has 3 N–H and O–H groups in total. The second-order valence-electron chi connectivity index (χ2n) is 32.2. The molecule has 31 heteroatoms. The van der Waals surface area contributed by atoms with Gasteiger partial charge >= 0.3 is 17.9 Å². The van der Waals surface area contributed by atoms with Crippen molar-refractivity contribution in [3.05, 3.63) is 309 Å². The van der Waals surface area contributed by atoms with Gasteiger partial charge < -0.3 is 34.8 Å². The van der Waals surface area contributed by atoms with Gasteiger partial charge in [0.05, 0.1) is 33.8 Å². The zero-order valence-electron chi connectivity index (χ0n) is 68.7. The highest BCUT2D eigenvalue weighted by Crippen LogP contribution is 2.55. The Morgan fingerprint density at radius 2 is 0.732 bits per heavy atom. The average molecular weight is 1860 g/mol. The number of anilines is 5. The van der Waals surface area contributed by atoms with Crippen LogP contribution in [-0.4, -0.2) is 124 Å². The maximum absolute atomic E-state index is 13.6. The summed E-state index contributed by atoms with van der Waals surface area (Å²) in [5, 5.41) is 28.8. The number of aliphatic carboxylic acids is 3. The summed E-state index contributed by atoms with van der Waals surface area (Å²) >= 11 is 23.2. The molecule has 3 aliphatic carbocycles. The summed E-state index contributed by atoms with van der Waals surface area (Å²) in [6.45, 7) is 2.10. The Labute approximate surface area is 769 Å². The van der Waals surface area contributed by atoms with Gasteiger partial charge in [0, 0.05) is 77.4 Å². The molecule has 11 aromatic rings. The number of fused-ring (bicyclic) bond motifs is 9. The fraction of sp³-hybridized carbons (Fsp3) is 0.250. The van der Waals surface area contributed by atoms with Gasteiger partial charge in [-0.15, -0.1) is 34.0 Å². The topological polar surface area (TPSA) is 258 Å². The minimum absolute atomic E-state index is 0.275. The highest BCUT2D eigenvalue weighted by atomic mass is 32.2. The number of ether oxygens (including phenoxy) is 1. The smallest absolute Gasteiger partial charge is 0.323 e. The standard InChI is InChI=1S/C34H29N3O5S3.C34H29N3O4S3.C28H25N3O4S3/c1-42-23-13-11-22(12-14-23)37-26-9-5-8-24(26)25-16-21(10-15-27(25)37)17-28-31(40)35(19-29(38)39)33(44-28)30-32(41)36(34(43)45-30)18-20-6-3-2-4-7-20;38-29(39)20-36-31(40)28(43-33(36)30-32(41)37(34(42)44-30)19-22-10-5-2-6-11-22)17-23-14-15-27-25(16-23)24-12-7-13-26(24)35(27)18-21-8-3-1-4-9-21;1-2-29-26(35)24(38-28(29)36)27-30(15-23(32)33)25(34)22(37-27)14-16-11-12-21-19(13-16)18-9-6-10-20(18)31(21)17-7-4-3-5-8-17/h2-4,6-7,10-17,24,26H,5,8-9,18-19H2,1H3,(H,38,39);1-6,8-11,14-17,24,26H,7,12-13,18-20H2,(H,38,39);3-5,7-8,11-14,18,20H,2,6,9-10,15H2,1H3,(H,32,33)/b2*28-17+,33-30+;22-14+,27-24+. The zero-order valence-corrected chi connectivity index (χ0v) is 76.0. The van der Waals surface area contributed by atoms with Crippen LogP contribution in [0.15, 0.2) is 215 Å². The number of carbonyl (C=O) groups excluding carboxylic acids is 3. The number of nitrogens with zero attached hydrogens (tertiary/aromatic N) is 9. The van der Waals surface area contributed by atoms with E-state index in [1.165, 1.54) is 80.6 Å². The molecule has 644 valence electrons. The minimum atomic E-state index is -1.16. The normalized spacial score (nSPS) is 21.2. The molecule has 22 nitrogen and oxygen atoms in total. The Morgan fingerprint density at radius 1 is 0.402 bits per heavy atom. The van der Waals surface area contributed by atoms with E-state index < -0.39 is 54.2 Å². The van der Waals surface area contributed by atoms with E-state index >= 15 is 0 Å². The number of hydrogen-bond donors (Lipinski definition) is 3. The van der Waals surface area contributed by atoms with E-state index in [-0.39, 0.29) is 27.5 Å². The summed E-state index contributed by atoms with van der Waals surface area (Å²) in [4.78, 5) is 129. The molecular weight excluding hydrogens is 1780 g/mol. The first-order valence-electron chi connectivity index (χ1n) is 41.8. The summed E-state index contributed by atoms with van der Waals surface area (Å²) in [6, 6.07) is 68.4. The molecule has 0 bridgehead atoms. The molecule has 0 radical (unpaired) electrons. The van der Waals surface area contributed by atoms with Crippen molar-refractivity contribution in [1.82, 2.24) is 28.4 Å². The summed E-state index contributed by atoms with van der Waals surface area (Å²) in [6.07, 6.45) is 15.7. The van der Waals surface area contributed by atoms with Crippen molar-refractivity contribution in [1.29, 1.82) is 0 Å². The summed E-state index contributed by atoms with van der Waals surface area (Å²) < 4.78 is 12.2. The van der Waals surface area contributed by atoms with E-state index in [9.17, 15) is 58.5 Å². The highest BCUT2D eigenvalue weighted by Gasteiger charge is 2.46. The third-order valence-corrected chi connectivity index (χ3v) is 32.7. The first-order valence-corrected chi connectivity index (χ1v) is 47.9. The quantitative estimate of drug-likeness (QED) is 0.0636. The molecule has 127 heavy (non-hydrogen) atoms. The third kappa shape index (κ3) is 17.1. The largest absolute Gasteiger partial charge is 0.497 e. The lowest BCUT2D eigenvalue weighted by Crippen LogP contribution is -2.35. The van der Waals surface area contributed by atoms with Gasteiger partial charge in [-0.05, 0) is 187 Å². The van der Waals surface area contributed by atoms with Crippen LogP contribution in [0.25, 0.3) is 32.9 Å². The molecule has 8 aromatic carbocycles. The van der Waals surface area contributed by atoms with Crippen LogP contribution in [0.5, 0.6) is 5.75 Å². The fourth-order valence-electron chi connectivity index (χ4n) is 19.0. The van der Waals surface area contributed by atoms with Crippen LogP contribution in [0.3, 0.4) is 0 Å². The number of amides is 3. The molecule has 6 fully saturated rings. The average Bonchev–Trinajstić information content (AvgIpc) is 1.60. The molecule has 0 spiro atoms. The number of methoxy groups -OCH3 is 1. The number of para-hydroxylation sites is 1. The number of aromatic nitrogens is 3. The van der Waals surface area contributed by atoms with Crippen LogP contribution in [0.4, 0.5) is 28.4 Å². The van der Waals surface area contributed by atoms with E-state index in [1.54, 1.807) is 13.2 Å². The zero-order chi connectivity index (χ0) is 88.2. The Hall–Kier alpha value is -11.4. The van der Waals surface area contributed by atoms with Gasteiger partial charge in [-0.1, -0.05) is 219 Å². The van der Waals surface area contributed by atoms with Gasteiger partial charge in [-0.3, -0.25) is 71.6 Å². The maximum Gasteiger partial charge on any atom is 0.323 e. The van der Waals surface area contributed by atoms with E-state index in [0.29, 0.717) is 101 Å². The van der Waals surface area contributed by atoms with E-state index in [1.807, 2.05) is 122 Å². The van der Waals surface area contributed by atoms with E-state index in [4.69, 9.17) is 41.4 Å². The molecular formula is C96H83N9O13S9. The molecule has 3 saturated heterocycles. The van der Waals surface area contributed by atoms with Gasteiger partial charge in [0.15, 0.2) is 0 Å². The van der Waals surface area contributed by atoms with Crippen LogP contribution >= 0.6 is 106 Å². The molecule has 6 atom stereocenters. The Balaban J connectivity index is 0.000000129. The summed E-state index contributed by atoms with van der Waals surface area (Å²) in [5.41, 5.74) is 14.2. The maximum atomic E-state index is 13.6. The number of carboxylic acid groups (broad SMARTS) is 3. The van der Waals surface area contributed by atoms with Crippen molar-refractivity contribution < 1.29 is 48.8 Å². The van der Waals surface area contributed by atoms with Crippen molar-refractivity contribution in [2.75, 3.05) is 28.4 Å². The molecule has 20 rings (SSSR count). The fourth-order valence-corrected chi connectivity index (χ4v) is 26.7. The predicted molar refractivity (Wildman–Crippen MR) is 516 cm³/mol.